The van der Waals surface area contributed by atoms with E-state index in [1.54, 1.807) is 25.7 Å². The van der Waals surface area contributed by atoms with Crippen LogP contribution in [-0.4, -0.2) is 53.1 Å². The SMILES string of the molecule is CCCC(C)(NC(=O)N(C)CCSC)C(=O)O. The summed E-state index contributed by atoms with van der Waals surface area (Å²) in [6.07, 6.45) is 3.09. The Bertz CT molecular complexity index is 273. The third-order valence-corrected chi connectivity index (χ3v) is 3.17. The minimum atomic E-state index is -1.18. The molecule has 0 saturated carbocycles. The van der Waals surface area contributed by atoms with Crippen LogP contribution in [0.5, 0.6) is 0 Å². The monoisotopic (exact) mass is 262 g/mol. The number of carbonyl (C=O) groups excluding carboxylic acids is 1. The summed E-state index contributed by atoms with van der Waals surface area (Å²) in [5.41, 5.74) is -1.18. The fourth-order valence-electron chi connectivity index (χ4n) is 1.38. The van der Waals surface area contributed by atoms with Crippen LogP contribution in [0, 0.1) is 0 Å². The van der Waals surface area contributed by atoms with E-state index in [2.05, 4.69) is 5.32 Å². The van der Waals surface area contributed by atoms with Crippen molar-refractivity contribution in [3.63, 3.8) is 0 Å². The molecular formula is C11H22N2O3S. The zero-order valence-corrected chi connectivity index (χ0v) is 11.8. The van der Waals surface area contributed by atoms with E-state index in [-0.39, 0.29) is 6.03 Å². The number of nitrogens with zero attached hydrogens (tertiary/aromatic N) is 1. The summed E-state index contributed by atoms with van der Waals surface area (Å²) in [5.74, 6) is -0.160. The van der Waals surface area contributed by atoms with E-state index in [1.165, 1.54) is 4.90 Å². The summed E-state index contributed by atoms with van der Waals surface area (Å²) in [5, 5.41) is 11.7. The lowest BCUT2D eigenvalue weighted by Gasteiger charge is -2.28. The molecule has 0 aromatic heterocycles. The van der Waals surface area contributed by atoms with Crippen molar-refractivity contribution in [1.29, 1.82) is 0 Å². The highest BCUT2D eigenvalue weighted by Crippen LogP contribution is 2.13. The lowest BCUT2D eigenvalue weighted by molar-refractivity contribution is -0.144. The van der Waals surface area contributed by atoms with E-state index in [4.69, 9.17) is 5.11 Å². The predicted octanol–water partition coefficient (Wildman–Crippen LogP) is 1.63. The Balaban J connectivity index is 4.45. The zero-order chi connectivity index (χ0) is 13.5. The molecule has 2 amide bonds. The van der Waals surface area contributed by atoms with Gasteiger partial charge in [0.15, 0.2) is 0 Å². The third-order valence-electron chi connectivity index (χ3n) is 2.58. The van der Waals surface area contributed by atoms with Crippen LogP contribution in [-0.2, 0) is 4.79 Å². The van der Waals surface area contributed by atoms with Crippen LogP contribution < -0.4 is 5.32 Å². The molecule has 0 aliphatic carbocycles. The summed E-state index contributed by atoms with van der Waals surface area (Å²) in [7, 11) is 1.67. The van der Waals surface area contributed by atoms with Crippen LogP contribution in [0.4, 0.5) is 4.79 Å². The maximum absolute atomic E-state index is 11.8. The molecule has 0 aromatic carbocycles. The Labute approximate surface area is 107 Å². The minimum absolute atomic E-state index is 0.336. The number of nitrogens with one attached hydrogen (secondary N) is 1. The summed E-state index contributed by atoms with van der Waals surface area (Å²) in [6.45, 7) is 4.04. The number of rotatable bonds is 7. The standard InChI is InChI=1S/C11H22N2O3S/c1-5-6-11(2,9(14)15)12-10(16)13(3)7-8-17-4/h5-8H2,1-4H3,(H,12,16)(H,14,15). The Morgan fingerprint density at radius 3 is 2.47 bits per heavy atom. The van der Waals surface area contributed by atoms with Gasteiger partial charge in [0.25, 0.3) is 0 Å². The number of carboxylic acids is 1. The predicted molar refractivity (Wildman–Crippen MR) is 70.5 cm³/mol. The second-order valence-corrected chi connectivity index (χ2v) is 5.22. The number of amides is 2. The minimum Gasteiger partial charge on any atom is -0.480 e. The van der Waals surface area contributed by atoms with Crippen LogP contribution in [0.15, 0.2) is 0 Å². The molecule has 17 heavy (non-hydrogen) atoms. The quantitative estimate of drug-likeness (QED) is 0.731. The fraction of sp³-hybridized carbons (Fsp3) is 0.818. The molecule has 0 spiro atoms. The summed E-state index contributed by atoms with van der Waals surface area (Å²) < 4.78 is 0. The van der Waals surface area contributed by atoms with Gasteiger partial charge in [-0.2, -0.15) is 11.8 Å². The fourth-order valence-corrected chi connectivity index (χ4v) is 1.84. The van der Waals surface area contributed by atoms with Gasteiger partial charge in [-0.1, -0.05) is 13.3 Å². The number of urea groups is 1. The van der Waals surface area contributed by atoms with E-state index in [1.807, 2.05) is 13.2 Å². The lowest BCUT2D eigenvalue weighted by Crippen LogP contribution is -2.55. The van der Waals surface area contributed by atoms with E-state index in [0.29, 0.717) is 19.4 Å². The van der Waals surface area contributed by atoms with Gasteiger partial charge >= 0.3 is 12.0 Å². The molecule has 0 fully saturated rings. The Hall–Kier alpha value is -0.910. The summed E-state index contributed by atoms with van der Waals surface area (Å²) in [4.78, 5) is 24.4. The molecule has 0 aliphatic rings. The van der Waals surface area contributed by atoms with Crippen LogP contribution >= 0.6 is 11.8 Å². The highest BCUT2D eigenvalue weighted by atomic mass is 32.2. The van der Waals surface area contributed by atoms with Gasteiger partial charge in [-0.3, -0.25) is 0 Å². The number of carboxylic acid groups (broad SMARTS) is 1. The highest BCUT2D eigenvalue weighted by molar-refractivity contribution is 7.98. The van der Waals surface area contributed by atoms with Gasteiger partial charge in [-0.05, 0) is 19.6 Å². The molecule has 0 rings (SSSR count). The van der Waals surface area contributed by atoms with E-state index in [0.717, 1.165) is 5.75 Å². The van der Waals surface area contributed by atoms with Crippen molar-refractivity contribution in [3.8, 4) is 0 Å². The van der Waals surface area contributed by atoms with Crippen molar-refractivity contribution >= 4 is 23.8 Å². The van der Waals surface area contributed by atoms with Gasteiger partial charge in [0.05, 0.1) is 0 Å². The topological polar surface area (TPSA) is 69.6 Å². The second-order valence-electron chi connectivity index (χ2n) is 4.23. The summed E-state index contributed by atoms with van der Waals surface area (Å²) in [6, 6.07) is -0.336. The molecule has 100 valence electrons. The molecule has 6 heteroatoms. The zero-order valence-electron chi connectivity index (χ0n) is 10.9. The van der Waals surface area contributed by atoms with Gasteiger partial charge < -0.3 is 15.3 Å². The molecule has 0 saturated heterocycles. The molecule has 0 radical (unpaired) electrons. The Morgan fingerprint density at radius 2 is 2.06 bits per heavy atom. The van der Waals surface area contributed by atoms with E-state index in [9.17, 15) is 9.59 Å². The molecule has 0 bridgehead atoms. The van der Waals surface area contributed by atoms with Crippen LogP contribution in [0.3, 0.4) is 0 Å². The number of carbonyl (C=O) groups is 2. The van der Waals surface area contributed by atoms with Gasteiger partial charge in [0.1, 0.15) is 5.54 Å². The Morgan fingerprint density at radius 1 is 1.47 bits per heavy atom. The summed E-state index contributed by atoms with van der Waals surface area (Å²) >= 11 is 1.64. The molecule has 2 N–H and O–H groups in total. The maximum atomic E-state index is 11.8. The van der Waals surface area contributed by atoms with Gasteiger partial charge in [-0.15, -0.1) is 0 Å². The van der Waals surface area contributed by atoms with Gasteiger partial charge in [-0.25, -0.2) is 9.59 Å². The van der Waals surface area contributed by atoms with Gasteiger partial charge in [0.2, 0.25) is 0 Å². The van der Waals surface area contributed by atoms with Crippen molar-refractivity contribution in [3.05, 3.63) is 0 Å². The number of hydrogen-bond donors (Lipinski definition) is 2. The maximum Gasteiger partial charge on any atom is 0.329 e. The van der Waals surface area contributed by atoms with Crippen molar-refractivity contribution < 1.29 is 14.7 Å². The first-order valence-electron chi connectivity index (χ1n) is 5.63. The highest BCUT2D eigenvalue weighted by Gasteiger charge is 2.34. The van der Waals surface area contributed by atoms with E-state index >= 15 is 0 Å². The van der Waals surface area contributed by atoms with Crippen molar-refractivity contribution in [2.45, 2.75) is 32.2 Å². The van der Waals surface area contributed by atoms with Crippen molar-refractivity contribution in [2.75, 3.05) is 25.6 Å². The molecule has 0 aliphatic heterocycles. The third kappa shape index (κ3) is 5.30. The molecule has 1 unspecified atom stereocenters. The largest absolute Gasteiger partial charge is 0.480 e. The van der Waals surface area contributed by atoms with Crippen molar-refractivity contribution in [1.82, 2.24) is 10.2 Å². The average Bonchev–Trinajstić information content (AvgIpc) is 2.25. The normalized spacial score (nSPS) is 13.9. The van der Waals surface area contributed by atoms with Crippen molar-refractivity contribution in [2.24, 2.45) is 0 Å². The second kappa shape index (κ2) is 7.42. The molecule has 0 heterocycles. The molecule has 0 aromatic rings. The molecule has 5 nitrogen and oxygen atoms in total. The van der Waals surface area contributed by atoms with Gasteiger partial charge in [0, 0.05) is 19.3 Å². The number of hydrogen-bond acceptors (Lipinski definition) is 3. The smallest absolute Gasteiger partial charge is 0.329 e. The number of thioether (sulfide) groups is 1. The van der Waals surface area contributed by atoms with Crippen LogP contribution in [0.2, 0.25) is 0 Å². The first kappa shape index (κ1) is 16.1. The Kier molecular flexibility index (Phi) is 7.03. The van der Waals surface area contributed by atoms with Crippen LogP contribution in [0.25, 0.3) is 0 Å². The number of aliphatic carboxylic acids is 1. The van der Waals surface area contributed by atoms with Crippen LogP contribution in [0.1, 0.15) is 26.7 Å². The van der Waals surface area contributed by atoms with E-state index < -0.39 is 11.5 Å². The average molecular weight is 262 g/mol. The molecule has 1 atom stereocenters. The lowest BCUT2D eigenvalue weighted by atomic mass is 9.96. The first-order chi connectivity index (χ1) is 7.87. The molecular weight excluding hydrogens is 240 g/mol. The first-order valence-corrected chi connectivity index (χ1v) is 7.02.